The zero-order valence-corrected chi connectivity index (χ0v) is 17.2. The molecule has 1 heterocycles. The van der Waals surface area contributed by atoms with Crippen molar-refractivity contribution in [2.75, 3.05) is 27.0 Å². The van der Waals surface area contributed by atoms with Crippen molar-refractivity contribution in [2.45, 2.75) is 58.9 Å². The molecule has 0 spiro atoms. The van der Waals surface area contributed by atoms with E-state index in [4.69, 9.17) is 23.4 Å². The van der Waals surface area contributed by atoms with Gasteiger partial charge in [-0.3, -0.25) is 4.57 Å². The van der Waals surface area contributed by atoms with Crippen LogP contribution in [-0.4, -0.2) is 55.6 Å². The Hall–Kier alpha value is -0.920. The Balaban J connectivity index is 2.88. The maximum Gasteiger partial charge on any atom is 0.528 e. The molecule has 0 bridgehead atoms. The minimum atomic E-state index is -3.16. The minimum Gasteiger partial charge on any atom is -0.427 e. The lowest BCUT2D eigenvalue weighted by molar-refractivity contribution is -0.230. The Morgan fingerprint density at radius 2 is 1.88 bits per heavy atom. The Morgan fingerprint density at radius 3 is 2.36 bits per heavy atom. The predicted molar refractivity (Wildman–Crippen MR) is 93.2 cm³/mol. The van der Waals surface area contributed by atoms with Gasteiger partial charge in [-0.25, -0.2) is 4.79 Å². The van der Waals surface area contributed by atoms with Crippen molar-refractivity contribution in [1.29, 1.82) is 0 Å². The Morgan fingerprint density at radius 1 is 1.32 bits per heavy atom. The highest BCUT2D eigenvalue weighted by molar-refractivity contribution is 7.54. The molecule has 0 radical (unpaired) electrons. The van der Waals surface area contributed by atoms with Crippen molar-refractivity contribution in [1.82, 2.24) is 5.06 Å². The summed E-state index contributed by atoms with van der Waals surface area (Å²) in [6.45, 7) is 11.0. The van der Waals surface area contributed by atoms with E-state index in [-0.39, 0.29) is 12.2 Å². The van der Waals surface area contributed by atoms with Crippen LogP contribution in [0.3, 0.4) is 0 Å². The zero-order valence-electron chi connectivity index (χ0n) is 16.3. The van der Waals surface area contributed by atoms with Crippen molar-refractivity contribution in [3.05, 3.63) is 11.6 Å². The number of carbonyl (C=O) groups excluding carboxylic acids is 1. The second kappa shape index (κ2) is 8.18. The molecule has 0 aromatic rings. The van der Waals surface area contributed by atoms with E-state index in [1.165, 1.54) is 19.3 Å². The van der Waals surface area contributed by atoms with Crippen LogP contribution in [-0.2, 0) is 27.9 Å². The maximum atomic E-state index is 12.2. The molecule has 0 saturated carbocycles. The molecule has 9 heteroatoms. The number of nitrogens with zero attached hydrogens (tertiary/aromatic N) is 1. The number of rotatable bonds is 6. The van der Waals surface area contributed by atoms with Crippen LogP contribution in [0.25, 0.3) is 0 Å². The molecule has 0 aromatic heterocycles. The minimum absolute atomic E-state index is 0.136. The molecule has 146 valence electrons. The van der Waals surface area contributed by atoms with Gasteiger partial charge in [-0.2, -0.15) is 0 Å². The fraction of sp³-hybridized carbons (Fsp3) is 0.812. The van der Waals surface area contributed by atoms with Gasteiger partial charge in [0.2, 0.25) is 0 Å². The average molecular weight is 379 g/mol. The van der Waals surface area contributed by atoms with Gasteiger partial charge >= 0.3 is 13.8 Å². The van der Waals surface area contributed by atoms with Crippen molar-refractivity contribution >= 4 is 13.8 Å². The molecule has 0 N–H and O–H groups in total. The highest BCUT2D eigenvalue weighted by Gasteiger charge is 2.44. The number of allylic oxidation sites excluding steroid dienone is 1. The Kier molecular flexibility index (Phi) is 7.24. The molecule has 0 aromatic carbocycles. The standard InChI is InChI=1S/C16H30NO7P/c1-12(11-25(19,20-7)21-8)9-13-10-22-16(5,6)17(13)24-14(18)23-15(2,3)4/h9,13H,10-11H2,1-8H3/t13-/m1/s1. The lowest BCUT2D eigenvalue weighted by atomic mass is 10.2. The third-order valence-corrected chi connectivity index (χ3v) is 5.48. The summed E-state index contributed by atoms with van der Waals surface area (Å²) < 4.78 is 33.0. The normalized spacial score (nSPS) is 22.1. The maximum absolute atomic E-state index is 12.2. The highest BCUT2D eigenvalue weighted by Crippen LogP contribution is 2.48. The largest absolute Gasteiger partial charge is 0.528 e. The number of ether oxygens (including phenoxy) is 2. The molecule has 1 rings (SSSR count). The quantitative estimate of drug-likeness (QED) is 0.392. The van der Waals surface area contributed by atoms with Crippen molar-refractivity contribution < 1.29 is 32.7 Å². The smallest absolute Gasteiger partial charge is 0.427 e. The molecule has 0 amide bonds. The van der Waals surface area contributed by atoms with Crippen molar-refractivity contribution in [3.8, 4) is 0 Å². The summed E-state index contributed by atoms with van der Waals surface area (Å²) in [5, 5.41) is 1.44. The predicted octanol–water partition coefficient (Wildman–Crippen LogP) is 3.72. The first kappa shape index (κ1) is 22.1. The van der Waals surface area contributed by atoms with Gasteiger partial charge in [0.1, 0.15) is 11.3 Å². The molecular formula is C16H30NO7P. The van der Waals surface area contributed by atoms with Crippen molar-refractivity contribution in [3.63, 3.8) is 0 Å². The summed E-state index contributed by atoms with van der Waals surface area (Å²) in [5.74, 6) is 0. The van der Waals surface area contributed by atoms with Crippen LogP contribution >= 0.6 is 7.60 Å². The van der Waals surface area contributed by atoms with Gasteiger partial charge in [0.05, 0.1) is 18.8 Å². The van der Waals surface area contributed by atoms with Crippen LogP contribution < -0.4 is 0 Å². The SMILES string of the molecule is COP(=O)(CC(C)=C[C@@H]1COC(C)(C)N1OC(=O)OC(C)(C)C)OC. The van der Waals surface area contributed by atoms with E-state index in [0.29, 0.717) is 6.61 Å². The molecule has 0 unspecified atom stereocenters. The molecule has 1 atom stereocenters. The number of carbonyl (C=O) groups is 1. The van der Waals surface area contributed by atoms with E-state index < -0.39 is 25.1 Å². The lowest BCUT2D eigenvalue weighted by Gasteiger charge is -2.31. The van der Waals surface area contributed by atoms with E-state index in [2.05, 4.69) is 0 Å². The van der Waals surface area contributed by atoms with E-state index in [0.717, 1.165) is 5.57 Å². The first-order valence-corrected chi connectivity index (χ1v) is 9.77. The van der Waals surface area contributed by atoms with E-state index in [9.17, 15) is 9.36 Å². The molecular weight excluding hydrogens is 349 g/mol. The molecule has 1 fully saturated rings. The number of hydrogen-bond acceptors (Lipinski definition) is 8. The molecule has 1 aliphatic heterocycles. The van der Waals surface area contributed by atoms with Gasteiger partial charge in [0.15, 0.2) is 0 Å². The fourth-order valence-corrected chi connectivity index (χ4v) is 3.48. The first-order valence-electron chi connectivity index (χ1n) is 8.04. The van der Waals surface area contributed by atoms with Gasteiger partial charge < -0.3 is 23.4 Å². The molecule has 0 aliphatic carbocycles. The fourth-order valence-electron chi connectivity index (χ4n) is 2.35. The average Bonchev–Trinajstić information content (AvgIpc) is 2.72. The van der Waals surface area contributed by atoms with E-state index >= 15 is 0 Å². The monoisotopic (exact) mass is 379 g/mol. The van der Waals surface area contributed by atoms with Crippen LogP contribution in [0.5, 0.6) is 0 Å². The van der Waals surface area contributed by atoms with Crippen LogP contribution in [0, 0.1) is 0 Å². The van der Waals surface area contributed by atoms with Gasteiger partial charge in [0, 0.05) is 14.2 Å². The van der Waals surface area contributed by atoms with Gasteiger partial charge in [-0.05, 0) is 41.5 Å². The molecule has 1 aliphatic rings. The van der Waals surface area contributed by atoms with E-state index in [1.807, 2.05) is 13.0 Å². The third-order valence-electron chi connectivity index (χ3n) is 3.48. The summed E-state index contributed by atoms with van der Waals surface area (Å²) in [6, 6.07) is -0.343. The van der Waals surface area contributed by atoms with Crippen LogP contribution in [0.4, 0.5) is 4.79 Å². The van der Waals surface area contributed by atoms with Crippen LogP contribution in [0.2, 0.25) is 0 Å². The summed E-state index contributed by atoms with van der Waals surface area (Å²) in [5.41, 5.74) is -0.701. The van der Waals surface area contributed by atoms with Gasteiger partial charge in [-0.15, -0.1) is 0 Å². The zero-order chi connectivity index (χ0) is 19.5. The van der Waals surface area contributed by atoms with Crippen LogP contribution in [0.1, 0.15) is 41.5 Å². The topological polar surface area (TPSA) is 83.5 Å². The molecule has 1 saturated heterocycles. The second-order valence-electron chi connectivity index (χ2n) is 7.35. The summed E-state index contributed by atoms with van der Waals surface area (Å²) in [4.78, 5) is 17.4. The summed E-state index contributed by atoms with van der Waals surface area (Å²) in [6.07, 6.45) is 1.16. The Labute approximate surface area is 149 Å². The first-order chi connectivity index (χ1) is 11.3. The highest BCUT2D eigenvalue weighted by atomic mass is 31.2. The van der Waals surface area contributed by atoms with Gasteiger partial charge in [-0.1, -0.05) is 16.7 Å². The van der Waals surface area contributed by atoms with Crippen LogP contribution in [0.15, 0.2) is 11.6 Å². The Bertz CT molecular complexity index is 545. The van der Waals surface area contributed by atoms with Crippen molar-refractivity contribution in [2.24, 2.45) is 0 Å². The number of hydrogen-bond donors (Lipinski definition) is 0. The number of hydroxylamine groups is 2. The summed E-state index contributed by atoms with van der Waals surface area (Å²) in [7, 11) is -0.472. The summed E-state index contributed by atoms with van der Waals surface area (Å²) >= 11 is 0. The second-order valence-corrected chi connectivity index (χ2v) is 9.62. The van der Waals surface area contributed by atoms with Gasteiger partial charge in [0.25, 0.3) is 0 Å². The van der Waals surface area contributed by atoms with E-state index in [1.54, 1.807) is 34.6 Å². The lowest BCUT2D eigenvalue weighted by Crippen LogP contribution is -2.45. The third kappa shape index (κ3) is 6.72. The molecule has 8 nitrogen and oxygen atoms in total. The molecule has 25 heavy (non-hydrogen) atoms.